The topological polar surface area (TPSA) is 55.9 Å². The summed E-state index contributed by atoms with van der Waals surface area (Å²) in [6, 6.07) is 8.20. The molecule has 0 bridgehead atoms. The van der Waals surface area contributed by atoms with Crippen LogP contribution in [0.15, 0.2) is 34.9 Å². The second kappa shape index (κ2) is 6.32. The maximum atomic E-state index is 5.77. The fraction of sp³-hybridized carbons (Fsp3) is 0.357. The molecular formula is C14H19BrN4. The van der Waals surface area contributed by atoms with Gasteiger partial charge in [0.2, 0.25) is 0 Å². The van der Waals surface area contributed by atoms with Crippen LogP contribution in [0.3, 0.4) is 0 Å². The lowest BCUT2D eigenvalue weighted by molar-refractivity contribution is 0.520. The minimum absolute atomic E-state index is 0.0397. The van der Waals surface area contributed by atoms with E-state index in [-0.39, 0.29) is 6.04 Å². The van der Waals surface area contributed by atoms with E-state index >= 15 is 0 Å². The van der Waals surface area contributed by atoms with E-state index < -0.39 is 0 Å². The molecule has 0 saturated heterocycles. The van der Waals surface area contributed by atoms with Gasteiger partial charge in [0.25, 0.3) is 0 Å². The second-order valence-corrected chi connectivity index (χ2v) is 5.50. The van der Waals surface area contributed by atoms with E-state index in [1.165, 1.54) is 11.1 Å². The highest BCUT2D eigenvalue weighted by molar-refractivity contribution is 9.10. The summed E-state index contributed by atoms with van der Waals surface area (Å²) < 4.78 is 3.08. The third kappa shape index (κ3) is 3.05. The number of nitrogens with two attached hydrogens (primary N) is 1. The molecule has 1 aromatic carbocycles. The van der Waals surface area contributed by atoms with Crippen LogP contribution < -0.4 is 11.3 Å². The predicted octanol–water partition coefficient (Wildman–Crippen LogP) is 2.92. The monoisotopic (exact) mass is 322 g/mol. The normalized spacial score (nSPS) is 12.6. The number of halogens is 1. The summed E-state index contributed by atoms with van der Waals surface area (Å²) in [4.78, 5) is 0. The molecule has 0 fully saturated rings. The zero-order valence-corrected chi connectivity index (χ0v) is 12.8. The van der Waals surface area contributed by atoms with Crippen molar-refractivity contribution in [2.75, 3.05) is 0 Å². The Hall–Kier alpha value is -1.17. The Balaban J connectivity index is 2.41. The maximum Gasteiger partial charge on any atom is 0.0880 e. The highest BCUT2D eigenvalue weighted by Gasteiger charge is 2.18. The van der Waals surface area contributed by atoms with Gasteiger partial charge in [-0.05, 0) is 42.7 Å². The van der Waals surface area contributed by atoms with E-state index in [0.717, 1.165) is 23.1 Å². The van der Waals surface area contributed by atoms with Crippen LogP contribution in [0.2, 0.25) is 0 Å². The number of hydrogen-bond acceptors (Lipinski definition) is 3. The van der Waals surface area contributed by atoms with Crippen LogP contribution >= 0.6 is 15.9 Å². The number of hydrazine groups is 1. The zero-order chi connectivity index (χ0) is 13.8. The van der Waals surface area contributed by atoms with Gasteiger partial charge in [-0.1, -0.05) is 28.9 Å². The van der Waals surface area contributed by atoms with Crippen molar-refractivity contribution in [3.63, 3.8) is 0 Å². The van der Waals surface area contributed by atoms with Gasteiger partial charge >= 0.3 is 0 Å². The maximum absolute atomic E-state index is 5.77. The van der Waals surface area contributed by atoms with Crippen molar-refractivity contribution in [2.45, 2.75) is 32.9 Å². The Morgan fingerprint density at radius 1 is 1.42 bits per heavy atom. The van der Waals surface area contributed by atoms with Crippen LogP contribution in [0.4, 0.5) is 0 Å². The van der Waals surface area contributed by atoms with Crippen LogP contribution in [0, 0.1) is 6.92 Å². The molecule has 0 radical (unpaired) electrons. The Kier molecular flexibility index (Phi) is 4.74. The Bertz CT molecular complexity index is 550. The van der Waals surface area contributed by atoms with Crippen molar-refractivity contribution in [3.05, 3.63) is 51.8 Å². The first-order chi connectivity index (χ1) is 9.17. The average molecular weight is 323 g/mol. The Morgan fingerprint density at radius 3 is 2.84 bits per heavy atom. The van der Waals surface area contributed by atoms with Crippen molar-refractivity contribution >= 4 is 15.9 Å². The largest absolute Gasteiger partial charge is 0.271 e. The summed E-state index contributed by atoms with van der Waals surface area (Å²) in [5.74, 6) is 5.77. The molecule has 102 valence electrons. The van der Waals surface area contributed by atoms with Gasteiger partial charge in [-0.15, -0.1) is 0 Å². The standard InChI is InChI=1S/C14H19BrN4/c1-3-8-19-13(6-7-17-19)14(18-16)12-5-4-11(15)9-10(12)2/h4-7,9,14,18H,3,8,16H2,1-2H3. The predicted molar refractivity (Wildman–Crippen MR) is 80.6 cm³/mol. The fourth-order valence-electron chi connectivity index (χ4n) is 2.28. The molecule has 0 saturated carbocycles. The second-order valence-electron chi connectivity index (χ2n) is 4.58. The lowest BCUT2D eigenvalue weighted by atomic mass is 9.99. The molecule has 1 heterocycles. The third-order valence-electron chi connectivity index (χ3n) is 3.19. The number of benzene rings is 1. The van der Waals surface area contributed by atoms with Gasteiger partial charge in [-0.25, -0.2) is 5.43 Å². The van der Waals surface area contributed by atoms with E-state index in [9.17, 15) is 0 Å². The summed E-state index contributed by atoms with van der Waals surface area (Å²) in [5.41, 5.74) is 6.36. The first-order valence-corrected chi connectivity index (χ1v) is 7.20. The Labute approximate surface area is 122 Å². The quantitative estimate of drug-likeness (QED) is 0.657. The number of aromatic nitrogens is 2. The van der Waals surface area contributed by atoms with E-state index in [2.05, 4.69) is 52.4 Å². The first-order valence-electron chi connectivity index (χ1n) is 6.41. The van der Waals surface area contributed by atoms with Crippen LogP contribution in [-0.2, 0) is 6.54 Å². The van der Waals surface area contributed by atoms with Crippen molar-refractivity contribution in [3.8, 4) is 0 Å². The van der Waals surface area contributed by atoms with Crippen LogP contribution in [0.5, 0.6) is 0 Å². The van der Waals surface area contributed by atoms with Gasteiger partial charge in [0.05, 0.1) is 11.7 Å². The van der Waals surface area contributed by atoms with Crippen molar-refractivity contribution in [1.82, 2.24) is 15.2 Å². The van der Waals surface area contributed by atoms with Crippen LogP contribution in [0.25, 0.3) is 0 Å². The molecule has 0 aliphatic rings. The summed E-state index contributed by atoms with van der Waals surface area (Å²) >= 11 is 3.49. The molecule has 19 heavy (non-hydrogen) atoms. The number of nitrogens with one attached hydrogen (secondary N) is 1. The SMILES string of the molecule is CCCn1nccc1C(NN)c1ccc(Br)cc1C. The van der Waals surface area contributed by atoms with Gasteiger partial charge in [0.15, 0.2) is 0 Å². The minimum Gasteiger partial charge on any atom is -0.271 e. The van der Waals surface area contributed by atoms with E-state index in [4.69, 9.17) is 5.84 Å². The number of nitrogens with zero attached hydrogens (tertiary/aromatic N) is 2. The Morgan fingerprint density at radius 2 is 2.21 bits per heavy atom. The van der Waals surface area contributed by atoms with Gasteiger partial charge < -0.3 is 0 Å². The molecule has 3 N–H and O–H groups in total. The summed E-state index contributed by atoms with van der Waals surface area (Å²) in [6.45, 7) is 5.13. The van der Waals surface area contributed by atoms with Gasteiger partial charge in [0, 0.05) is 17.2 Å². The molecule has 0 aliphatic heterocycles. The van der Waals surface area contributed by atoms with E-state index in [1.54, 1.807) is 0 Å². The lowest BCUT2D eigenvalue weighted by Crippen LogP contribution is -2.31. The number of hydrogen-bond donors (Lipinski definition) is 2. The average Bonchev–Trinajstić information content (AvgIpc) is 2.82. The number of rotatable bonds is 5. The smallest absolute Gasteiger partial charge is 0.0880 e. The zero-order valence-electron chi connectivity index (χ0n) is 11.2. The van der Waals surface area contributed by atoms with E-state index in [1.807, 2.05) is 23.0 Å². The molecule has 1 aromatic heterocycles. The molecule has 1 atom stereocenters. The summed E-state index contributed by atoms with van der Waals surface area (Å²) in [6.07, 6.45) is 2.87. The molecule has 0 amide bonds. The van der Waals surface area contributed by atoms with E-state index in [0.29, 0.717) is 0 Å². The molecule has 2 rings (SSSR count). The van der Waals surface area contributed by atoms with Gasteiger partial charge in [-0.2, -0.15) is 5.10 Å². The number of aryl methyl sites for hydroxylation is 2. The van der Waals surface area contributed by atoms with Gasteiger partial charge in [0.1, 0.15) is 0 Å². The molecule has 1 unspecified atom stereocenters. The summed E-state index contributed by atoms with van der Waals surface area (Å²) in [5, 5.41) is 4.36. The molecule has 4 nitrogen and oxygen atoms in total. The highest BCUT2D eigenvalue weighted by Crippen LogP contribution is 2.26. The van der Waals surface area contributed by atoms with Crippen molar-refractivity contribution in [2.24, 2.45) is 5.84 Å². The highest BCUT2D eigenvalue weighted by atomic mass is 79.9. The first kappa shape index (κ1) is 14.2. The fourth-order valence-corrected chi connectivity index (χ4v) is 2.76. The van der Waals surface area contributed by atoms with Crippen molar-refractivity contribution in [1.29, 1.82) is 0 Å². The molecular weight excluding hydrogens is 304 g/mol. The molecule has 2 aromatic rings. The van der Waals surface area contributed by atoms with Gasteiger partial charge in [-0.3, -0.25) is 10.5 Å². The molecule has 0 spiro atoms. The van der Waals surface area contributed by atoms with Crippen LogP contribution in [-0.4, -0.2) is 9.78 Å². The minimum atomic E-state index is -0.0397. The molecule has 5 heteroatoms. The van der Waals surface area contributed by atoms with Crippen LogP contribution in [0.1, 0.15) is 36.2 Å². The van der Waals surface area contributed by atoms with Crippen molar-refractivity contribution < 1.29 is 0 Å². The lowest BCUT2D eigenvalue weighted by Gasteiger charge is -2.20. The summed E-state index contributed by atoms with van der Waals surface area (Å²) in [7, 11) is 0. The molecule has 0 aliphatic carbocycles. The third-order valence-corrected chi connectivity index (χ3v) is 3.68.